The van der Waals surface area contributed by atoms with Gasteiger partial charge in [-0.25, -0.2) is 8.42 Å². The molecule has 0 saturated heterocycles. The topological polar surface area (TPSA) is 76.1 Å². The summed E-state index contributed by atoms with van der Waals surface area (Å²) in [5.41, 5.74) is 1.01. The highest BCUT2D eigenvalue weighted by Crippen LogP contribution is 2.28. The van der Waals surface area contributed by atoms with Crippen LogP contribution in [0.15, 0.2) is 90.1 Å². The van der Waals surface area contributed by atoms with Crippen molar-refractivity contribution in [2.75, 3.05) is 6.54 Å². The Hall–Kier alpha value is -2.99. The number of carbonyl (C=O) groups excluding carboxylic acids is 1. The number of rotatable bonds is 6. The van der Waals surface area contributed by atoms with E-state index in [1.54, 1.807) is 72.9 Å². The lowest BCUT2D eigenvalue weighted by molar-refractivity contribution is 0.0953. The van der Waals surface area contributed by atoms with Gasteiger partial charge in [-0.3, -0.25) is 9.78 Å². The number of aromatic nitrogens is 1. The number of nitrogens with one attached hydrogen (secondary N) is 1. The minimum atomic E-state index is -3.69. The summed E-state index contributed by atoms with van der Waals surface area (Å²) in [7, 11) is -3.69. The maximum atomic E-state index is 13.1. The molecule has 1 heterocycles. The Bertz CT molecular complexity index is 960. The number of carbonyl (C=O) groups is 1. The second-order valence-corrected chi connectivity index (χ2v) is 7.84. The molecule has 3 rings (SSSR count). The van der Waals surface area contributed by atoms with E-state index in [1.807, 2.05) is 6.07 Å². The third-order valence-electron chi connectivity index (χ3n) is 3.99. The monoisotopic (exact) mass is 366 g/mol. The van der Waals surface area contributed by atoms with E-state index in [-0.39, 0.29) is 17.3 Å². The van der Waals surface area contributed by atoms with Crippen LogP contribution in [0.5, 0.6) is 0 Å². The first kappa shape index (κ1) is 17.8. The second kappa shape index (κ2) is 7.93. The minimum absolute atomic E-state index is 0.0450. The average molecular weight is 366 g/mol. The van der Waals surface area contributed by atoms with E-state index in [0.29, 0.717) is 11.1 Å². The van der Waals surface area contributed by atoms with E-state index < -0.39 is 15.1 Å². The number of hydrogen-bond donors (Lipinski definition) is 1. The summed E-state index contributed by atoms with van der Waals surface area (Å²) in [5.74, 6) is -0.317. The molecule has 0 aliphatic carbocycles. The molecule has 0 aliphatic rings. The van der Waals surface area contributed by atoms with Gasteiger partial charge in [-0.1, -0.05) is 42.5 Å². The maximum absolute atomic E-state index is 13.1. The molecule has 0 unspecified atom stereocenters. The molecule has 132 valence electrons. The summed E-state index contributed by atoms with van der Waals surface area (Å²) in [4.78, 5) is 16.6. The summed E-state index contributed by atoms with van der Waals surface area (Å²) >= 11 is 0. The maximum Gasteiger partial charge on any atom is 0.251 e. The summed E-state index contributed by atoms with van der Waals surface area (Å²) in [6.45, 7) is -0.0450. The zero-order chi connectivity index (χ0) is 18.4. The van der Waals surface area contributed by atoms with Gasteiger partial charge in [0.15, 0.2) is 9.84 Å². The fraction of sp³-hybridized carbons (Fsp3) is 0.100. The van der Waals surface area contributed by atoms with Crippen LogP contribution in [0.1, 0.15) is 21.2 Å². The highest BCUT2D eigenvalue weighted by atomic mass is 32.2. The lowest BCUT2D eigenvalue weighted by Crippen LogP contribution is -2.32. The number of sulfone groups is 1. The first-order chi connectivity index (χ1) is 12.6. The predicted octanol–water partition coefficient (Wildman–Crippen LogP) is 3.03. The van der Waals surface area contributed by atoms with Gasteiger partial charge in [-0.2, -0.15) is 0 Å². The Morgan fingerprint density at radius 2 is 1.58 bits per heavy atom. The number of benzene rings is 2. The van der Waals surface area contributed by atoms with Crippen LogP contribution in [0.4, 0.5) is 0 Å². The normalized spacial score (nSPS) is 12.3. The molecule has 0 fully saturated rings. The average Bonchev–Trinajstić information content (AvgIpc) is 2.70. The summed E-state index contributed by atoms with van der Waals surface area (Å²) in [5, 5.41) is 1.80. The van der Waals surface area contributed by atoms with E-state index in [4.69, 9.17) is 0 Å². The second-order valence-electron chi connectivity index (χ2n) is 5.71. The molecule has 0 spiro atoms. The number of pyridine rings is 1. The molecule has 1 atom stereocenters. The van der Waals surface area contributed by atoms with Crippen molar-refractivity contribution in [1.82, 2.24) is 10.3 Å². The summed E-state index contributed by atoms with van der Waals surface area (Å²) < 4.78 is 26.2. The molecular formula is C20H18N2O3S. The molecule has 0 saturated carbocycles. The molecule has 5 nitrogen and oxygen atoms in total. The van der Waals surface area contributed by atoms with Crippen LogP contribution in [-0.4, -0.2) is 25.9 Å². The summed E-state index contributed by atoms with van der Waals surface area (Å²) in [6.07, 6.45) is 3.10. The predicted molar refractivity (Wildman–Crippen MR) is 99.4 cm³/mol. The highest BCUT2D eigenvalue weighted by molar-refractivity contribution is 7.91. The SMILES string of the molecule is O=C(NC[C@H](c1cccnc1)S(=O)(=O)c1ccccc1)c1ccccc1. The molecule has 0 radical (unpaired) electrons. The Morgan fingerprint density at radius 3 is 2.19 bits per heavy atom. The highest BCUT2D eigenvalue weighted by Gasteiger charge is 2.29. The van der Waals surface area contributed by atoms with Gasteiger partial charge in [0.2, 0.25) is 0 Å². The molecular weight excluding hydrogens is 348 g/mol. The number of hydrogen-bond acceptors (Lipinski definition) is 4. The van der Waals surface area contributed by atoms with Gasteiger partial charge in [0.25, 0.3) is 5.91 Å². The van der Waals surface area contributed by atoms with E-state index >= 15 is 0 Å². The first-order valence-corrected chi connectivity index (χ1v) is 9.66. The quantitative estimate of drug-likeness (QED) is 0.727. The zero-order valence-corrected chi connectivity index (χ0v) is 14.8. The third-order valence-corrected chi connectivity index (χ3v) is 6.10. The Balaban J connectivity index is 1.89. The molecule has 6 heteroatoms. The molecule has 26 heavy (non-hydrogen) atoms. The minimum Gasteiger partial charge on any atom is -0.350 e. The van der Waals surface area contributed by atoms with Crippen molar-refractivity contribution in [1.29, 1.82) is 0 Å². The van der Waals surface area contributed by atoms with Crippen LogP contribution in [-0.2, 0) is 9.84 Å². The van der Waals surface area contributed by atoms with Gasteiger partial charge >= 0.3 is 0 Å². The molecule has 2 aromatic carbocycles. The van der Waals surface area contributed by atoms with E-state index in [2.05, 4.69) is 10.3 Å². The van der Waals surface area contributed by atoms with Crippen LogP contribution < -0.4 is 5.32 Å². The van der Waals surface area contributed by atoms with Crippen LogP contribution in [0.3, 0.4) is 0 Å². The van der Waals surface area contributed by atoms with Crippen molar-refractivity contribution in [3.8, 4) is 0 Å². The van der Waals surface area contributed by atoms with Gasteiger partial charge in [-0.15, -0.1) is 0 Å². The van der Waals surface area contributed by atoms with Crippen LogP contribution in [0.2, 0.25) is 0 Å². The fourth-order valence-electron chi connectivity index (χ4n) is 2.62. The van der Waals surface area contributed by atoms with Crippen molar-refractivity contribution in [2.45, 2.75) is 10.1 Å². The van der Waals surface area contributed by atoms with E-state index in [0.717, 1.165) is 0 Å². The molecule has 1 amide bonds. The Morgan fingerprint density at radius 1 is 0.923 bits per heavy atom. The van der Waals surface area contributed by atoms with Crippen molar-refractivity contribution in [3.05, 3.63) is 96.3 Å². The summed E-state index contributed by atoms with van der Waals surface area (Å²) in [6, 6.07) is 20.3. The van der Waals surface area contributed by atoms with Gasteiger partial charge in [-0.05, 0) is 35.9 Å². The van der Waals surface area contributed by atoms with Crippen LogP contribution in [0.25, 0.3) is 0 Å². The van der Waals surface area contributed by atoms with Crippen molar-refractivity contribution < 1.29 is 13.2 Å². The zero-order valence-electron chi connectivity index (χ0n) is 13.9. The van der Waals surface area contributed by atoms with E-state index in [9.17, 15) is 13.2 Å². The first-order valence-electron chi connectivity index (χ1n) is 8.11. The van der Waals surface area contributed by atoms with Gasteiger partial charge in [0.05, 0.1) is 4.90 Å². The molecule has 0 bridgehead atoms. The molecule has 1 N–H and O–H groups in total. The van der Waals surface area contributed by atoms with Gasteiger partial charge in [0, 0.05) is 24.5 Å². The van der Waals surface area contributed by atoms with E-state index in [1.165, 1.54) is 6.20 Å². The number of nitrogens with zero attached hydrogens (tertiary/aromatic N) is 1. The van der Waals surface area contributed by atoms with Crippen molar-refractivity contribution >= 4 is 15.7 Å². The van der Waals surface area contributed by atoms with Crippen molar-refractivity contribution in [2.24, 2.45) is 0 Å². The fourth-order valence-corrected chi connectivity index (χ4v) is 4.29. The largest absolute Gasteiger partial charge is 0.350 e. The van der Waals surface area contributed by atoms with Gasteiger partial charge in [0.1, 0.15) is 5.25 Å². The standard InChI is InChI=1S/C20H18N2O3S/c23-20(16-8-3-1-4-9-16)22-15-19(17-10-7-13-21-14-17)26(24,25)18-11-5-2-6-12-18/h1-14,19H,15H2,(H,22,23)/t19-/m1/s1. The lowest BCUT2D eigenvalue weighted by Gasteiger charge is -2.18. The van der Waals surface area contributed by atoms with Gasteiger partial charge < -0.3 is 5.32 Å². The Labute approximate surface area is 152 Å². The Kier molecular flexibility index (Phi) is 5.43. The molecule has 1 aromatic heterocycles. The number of amides is 1. The third kappa shape index (κ3) is 3.97. The molecule has 3 aromatic rings. The van der Waals surface area contributed by atoms with Crippen LogP contribution >= 0.6 is 0 Å². The van der Waals surface area contributed by atoms with Crippen LogP contribution in [0, 0.1) is 0 Å². The van der Waals surface area contributed by atoms with Crippen molar-refractivity contribution in [3.63, 3.8) is 0 Å². The smallest absolute Gasteiger partial charge is 0.251 e. The molecule has 0 aliphatic heterocycles. The lowest BCUT2D eigenvalue weighted by atomic mass is 10.2.